The van der Waals surface area contributed by atoms with E-state index in [9.17, 15) is 19.0 Å². The zero-order valence-electron chi connectivity index (χ0n) is 34.6. The van der Waals surface area contributed by atoms with E-state index >= 15 is 0 Å². The monoisotopic (exact) mass is 772 g/mol. The second-order valence-corrected chi connectivity index (χ2v) is 15.3. The lowest BCUT2D eigenvalue weighted by Crippen LogP contribution is -2.29. The molecule has 0 aromatic carbocycles. The molecule has 0 aliphatic rings. The van der Waals surface area contributed by atoms with Gasteiger partial charge in [0.15, 0.2) is 6.10 Å². The minimum absolute atomic E-state index is 0.0515. The molecular formula is C43H82NO8P. The van der Waals surface area contributed by atoms with Gasteiger partial charge in [-0.3, -0.25) is 18.6 Å². The first-order chi connectivity index (χ1) is 25.8. The summed E-state index contributed by atoms with van der Waals surface area (Å²) in [5.74, 6) is -0.875. The maximum absolute atomic E-state index is 12.3. The van der Waals surface area contributed by atoms with Crippen molar-refractivity contribution in [2.75, 3.05) is 26.4 Å². The van der Waals surface area contributed by atoms with Crippen molar-refractivity contribution >= 4 is 19.8 Å². The minimum atomic E-state index is -4.36. The highest BCUT2D eigenvalue weighted by Gasteiger charge is 2.25. The van der Waals surface area contributed by atoms with Crippen molar-refractivity contribution in [1.82, 2.24) is 0 Å². The van der Waals surface area contributed by atoms with Gasteiger partial charge in [0.05, 0.1) is 13.2 Å². The molecule has 3 N–H and O–H groups in total. The van der Waals surface area contributed by atoms with Gasteiger partial charge in [0.1, 0.15) is 6.61 Å². The third-order valence-electron chi connectivity index (χ3n) is 8.53. The van der Waals surface area contributed by atoms with Crippen molar-refractivity contribution in [3.63, 3.8) is 0 Å². The second-order valence-electron chi connectivity index (χ2n) is 13.8. The average molecular weight is 772 g/mol. The molecule has 0 saturated carbocycles. The van der Waals surface area contributed by atoms with E-state index in [1.54, 1.807) is 0 Å². The highest BCUT2D eigenvalue weighted by molar-refractivity contribution is 7.47. The summed E-state index contributed by atoms with van der Waals surface area (Å²) in [7, 11) is -4.36. The molecule has 0 fully saturated rings. The van der Waals surface area contributed by atoms with Crippen molar-refractivity contribution in [2.45, 2.75) is 201 Å². The molecule has 0 heterocycles. The number of carbonyl (C=O) groups is 2. The maximum atomic E-state index is 12.3. The number of esters is 2. The molecule has 0 radical (unpaired) electrons. The fraction of sp³-hybridized carbons (Fsp3) is 0.814. The van der Waals surface area contributed by atoms with Gasteiger partial charge in [-0.2, -0.15) is 0 Å². The first-order valence-electron chi connectivity index (χ1n) is 21.3. The van der Waals surface area contributed by atoms with Gasteiger partial charge in [-0.25, -0.2) is 4.57 Å². The Labute approximate surface area is 325 Å². The minimum Gasteiger partial charge on any atom is -0.462 e. The van der Waals surface area contributed by atoms with Crippen LogP contribution in [0.3, 0.4) is 0 Å². The second kappa shape index (κ2) is 43.0. The van der Waals surface area contributed by atoms with Gasteiger partial charge in [0, 0.05) is 19.4 Å². The standard InChI is InChI=1S/C32H62NO8P.C11H20/c1-3-5-7-9-11-12-13-14-15-16-17-18-19-21-22-24-31(34)38-28-30(29-40-42(36,37)39-27-26-33)41-32(35)25-23-20-10-8-6-4-2;1-3-5-7-9-11-10-8-6-4-2/h8,10,30H,3-7,9,11-29,33H2,1-2H3,(H,36,37);3,5,9,11H,4,6-8,10H2,1-2H3/b10-8+;5-3+,11-9+/t30-;/m1./s1. The van der Waals surface area contributed by atoms with E-state index in [2.05, 4.69) is 58.1 Å². The van der Waals surface area contributed by atoms with Crippen molar-refractivity contribution in [2.24, 2.45) is 5.73 Å². The number of hydrogen-bond acceptors (Lipinski definition) is 8. The van der Waals surface area contributed by atoms with Crippen LogP contribution in [0.1, 0.15) is 195 Å². The molecule has 312 valence electrons. The van der Waals surface area contributed by atoms with Crippen LogP contribution < -0.4 is 5.73 Å². The largest absolute Gasteiger partial charge is 0.472 e. The Morgan fingerprint density at radius 2 is 1.11 bits per heavy atom. The Morgan fingerprint density at radius 1 is 0.604 bits per heavy atom. The molecule has 0 aliphatic heterocycles. The number of ether oxygens (including phenoxy) is 2. The summed E-state index contributed by atoms with van der Waals surface area (Å²) in [5.41, 5.74) is 5.29. The lowest BCUT2D eigenvalue weighted by molar-refractivity contribution is -0.161. The molecule has 0 amide bonds. The predicted molar refractivity (Wildman–Crippen MR) is 222 cm³/mol. The van der Waals surface area contributed by atoms with Crippen LogP contribution in [0.15, 0.2) is 36.5 Å². The van der Waals surface area contributed by atoms with Crippen molar-refractivity contribution in [3.05, 3.63) is 36.5 Å². The van der Waals surface area contributed by atoms with E-state index in [1.165, 1.54) is 103 Å². The normalized spacial score (nSPS) is 13.3. The van der Waals surface area contributed by atoms with Gasteiger partial charge in [0.2, 0.25) is 0 Å². The van der Waals surface area contributed by atoms with Crippen LogP contribution in [0.5, 0.6) is 0 Å². The number of phosphoric ester groups is 1. The van der Waals surface area contributed by atoms with E-state index in [0.29, 0.717) is 6.42 Å². The molecule has 0 rings (SSSR count). The number of allylic oxidation sites excluding steroid dienone is 6. The average Bonchev–Trinajstić information content (AvgIpc) is 3.14. The summed E-state index contributed by atoms with van der Waals surface area (Å²) in [6, 6.07) is 0. The fourth-order valence-corrected chi connectivity index (χ4v) is 6.12. The van der Waals surface area contributed by atoms with E-state index in [0.717, 1.165) is 44.9 Å². The lowest BCUT2D eigenvalue weighted by atomic mass is 10.0. The molecule has 53 heavy (non-hydrogen) atoms. The molecule has 0 bridgehead atoms. The van der Waals surface area contributed by atoms with E-state index in [1.807, 2.05) is 6.08 Å². The van der Waals surface area contributed by atoms with Crippen molar-refractivity contribution < 1.29 is 37.6 Å². The van der Waals surface area contributed by atoms with Crippen LogP contribution in [-0.4, -0.2) is 49.3 Å². The molecule has 0 saturated heterocycles. The summed E-state index contributed by atoms with van der Waals surface area (Å²) in [4.78, 5) is 34.3. The molecule has 0 aromatic rings. The van der Waals surface area contributed by atoms with Gasteiger partial charge in [-0.05, 0) is 51.9 Å². The van der Waals surface area contributed by atoms with Crippen LogP contribution in [0.2, 0.25) is 0 Å². The summed E-state index contributed by atoms with van der Waals surface area (Å²) in [5, 5.41) is 0. The van der Waals surface area contributed by atoms with Gasteiger partial charge in [-0.1, -0.05) is 166 Å². The molecule has 0 aliphatic carbocycles. The zero-order valence-corrected chi connectivity index (χ0v) is 35.5. The number of rotatable bonds is 37. The Morgan fingerprint density at radius 3 is 1.68 bits per heavy atom. The Kier molecular flexibility index (Phi) is 43.2. The fourth-order valence-electron chi connectivity index (χ4n) is 5.35. The Hall–Kier alpha value is -1.77. The van der Waals surface area contributed by atoms with Gasteiger partial charge in [0.25, 0.3) is 0 Å². The molecule has 0 spiro atoms. The molecule has 1 unspecified atom stereocenters. The number of unbranched alkanes of at least 4 members (excludes halogenated alkanes) is 19. The van der Waals surface area contributed by atoms with Crippen molar-refractivity contribution in [3.8, 4) is 0 Å². The smallest absolute Gasteiger partial charge is 0.462 e. The van der Waals surface area contributed by atoms with Crippen LogP contribution in [0.4, 0.5) is 0 Å². The SMILES string of the molecule is C/C=C/C/C=C/CCCCC.CCC/C=C/CCCC(=O)O[C@H](COC(=O)CCCCCCCCCCCCCCCCC)COP(=O)(O)OCCN. The van der Waals surface area contributed by atoms with Crippen LogP contribution in [-0.2, 0) is 32.7 Å². The Balaban J connectivity index is 0. The van der Waals surface area contributed by atoms with Gasteiger partial charge < -0.3 is 20.1 Å². The molecule has 9 nitrogen and oxygen atoms in total. The number of nitrogens with two attached hydrogens (primary N) is 1. The van der Waals surface area contributed by atoms with Crippen LogP contribution >= 0.6 is 7.82 Å². The summed E-state index contributed by atoms with van der Waals surface area (Å²) >= 11 is 0. The number of phosphoric acid groups is 1. The van der Waals surface area contributed by atoms with Gasteiger partial charge in [-0.15, -0.1) is 0 Å². The highest BCUT2D eigenvalue weighted by Crippen LogP contribution is 2.43. The predicted octanol–water partition coefficient (Wildman–Crippen LogP) is 12.4. The Bertz CT molecular complexity index is 939. The van der Waals surface area contributed by atoms with Crippen LogP contribution in [0, 0.1) is 0 Å². The summed E-state index contributed by atoms with van der Waals surface area (Å²) in [6.45, 7) is 7.86. The number of hydrogen-bond donors (Lipinski definition) is 2. The van der Waals surface area contributed by atoms with Crippen molar-refractivity contribution in [1.29, 1.82) is 0 Å². The lowest BCUT2D eigenvalue weighted by Gasteiger charge is -2.19. The van der Waals surface area contributed by atoms with E-state index < -0.39 is 32.5 Å². The summed E-state index contributed by atoms with van der Waals surface area (Å²) < 4.78 is 32.3. The van der Waals surface area contributed by atoms with Gasteiger partial charge >= 0.3 is 19.8 Å². The molecule has 0 aromatic heterocycles. The molecule has 10 heteroatoms. The van der Waals surface area contributed by atoms with E-state index in [4.69, 9.17) is 24.3 Å². The van der Waals surface area contributed by atoms with E-state index in [-0.39, 0.29) is 32.6 Å². The van der Waals surface area contributed by atoms with Crippen LogP contribution in [0.25, 0.3) is 0 Å². The first kappa shape index (κ1) is 53.3. The molecule has 2 atom stereocenters. The topological polar surface area (TPSA) is 134 Å². The first-order valence-corrected chi connectivity index (χ1v) is 22.8. The number of carbonyl (C=O) groups excluding carboxylic acids is 2. The maximum Gasteiger partial charge on any atom is 0.472 e. The zero-order chi connectivity index (χ0) is 39.5. The quantitative estimate of drug-likeness (QED) is 0.0274. The third kappa shape index (κ3) is 44.5. The summed E-state index contributed by atoms with van der Waals surface area (Å²) in [6.07, 6.45) is 40.9. The highest BCUT2D eigenvalue weighted by atomic mass is 31.2. The molecular weight excluding hydrogens is 689 g/mol. The third-order valence-corrected chi connectivity index (χ3v) is 9.52.